The number of hydrogen-bond acceptors (Lipinski definition) is 2. The topological polar surface area (TPSA) is 66.4 Å². The molecule has 2 N–H and O–H groups in total. The number of carboxylic acid groups (broad SMARTS) is 1. The van der Waals surface area contributed by atoms with Crippen LogP contribution >= 0.6 is 0 Å². The Morgan fingerprint density at radius 2 is 1.58 bits per heavy atom. The van der Waals surface area contributed by atoms with Gasteiger partial charge in [-0.3, -0.25) is 9.59 Å². The second kappa shape index (κ2) is 4.22. The van der Waals surface area contributed by atoms with Crippen LogP contribution in [0.3, 0.4) is 0 Å². The normalized spacial score (nSPS) is 26.9. The van der Waals surface area contributed by atoms with E-state index in [1.165, 1.54) is 0 Å². The van der Waals surface area contributed by atoms with E-state index in [4.69, 9.17) is 0 Å². The first kappa shape index (κ1) is 14.4. The number of amides is 1. The molecule has 0 aliphatic heterocycles. The number of carbonyl (C=O) groups excluding carboxylic acids is 1. The van der Waals surface area contributed by atoms with E-state index in [0.717, 1.165) is 12.8 Å². The highest BCUT2D eigenvalue weighted by molar-refractivity contribution is 5.85. The summed E-state index contributed by atoms with van der Waals surface area (Å²) in [6.07, 6.45) is 3.26. The first-order valence-electron chi connectivity index (χ1n) is 7.16. The highest BCUT2D eigenvalue weighted by Gasteiger charge is 2.68. The van der Waals surface area contributed by atoms with E-state index in [1.54, 1.807) is 0 Å². The van der Waals surface area contributed by atoms with Crippen LogP contribution in [-0.4, -0.2) is 23.5 Å². The van der Waals surface area contributed by atoms with Crippen molar-refractivity contribution in [2.75, 3.05) is 6.54 Å². The molecule has 2 aliphatic carbocycles. The first-order valence-corrected chi connectivity index (χ1v) is 7.16. The van der Waals surface area contributed by atoms with E-state index in [1.807, 2.05) is 0 Å². The van der Waals surface area contributed by atoms with Crippen LogP contribution in [0, 0.1) is 22.2 Å². The fraction of sp³-hybridized carbons (Fsp3) is 0.867. The molecule has 2 aliphatic rings. The van der Waals surface area contributed by atoms with E-state index in [-0.39, 0.29) is 29.2 Å². The molecular weight excluding hydrogens is 242 g/mol. The van der Waals surface area contributed by atoms with Crippen LogP contribution < -0.4 is 5.32 Å². The number of hydrogen-bond donors (Lipinski definition) is 2. The van der Waals surface area contributed by atoms with Crippen LogP contribution in [0.4, 0.5) is 0 Å². The maximum absolute atomic E-state index is 12.3. The van der Waals surface area contributed by atoms with Gasteiger partial charge < -0.3 is 10.4 Å². The van der Waals surface area contributed by atoms with Gasteiger partial charge in [0.2, 0.25) is 5.91 Å². The number of aliphatic carboxylic acids is 1. The summed E-state index contributed by atoms with van der Waals surface area (Å²) in [6.45, 7) is 8.67. The van der Waals surface area contributed by atoms with E-state index in [2.05, 4.69) is 33.0 Å². The fourth-order valence-electron chi connectivity index (χ4n) is 3.73. The van der Waals surface area contributed by atoms with Crippen molar-refractivity contribution in [2.45, 2.75) is 53.4 Å². The molecule has 0 heterocycles. The predicted octanol–water partition coefficient (Wildman–Crippen LogP) is 2.43. The molecule has 1 amide bonds. The summed E-state index contributed by atoms with van der Waals surface area (Å²) in [5.74, 6) is -0.755. The molecule has 2 fully saturated rings. The van der Waals surface area contributed by atoms with Gasteiger partial charge in [0.15, 0.2) is 0 Å². The Balaban J connectivity index is 1.96. The fourth-order valence-corrected chi connectivity index (χ4v) is 3.73. The van der Waals surface area contributed by atoms with Gasteiger partial charge in [0.05, 0.1) is 5.41 Å². The molecule has 0 spiro atoms. The van der Waals surface area contributed by atoms with Gasteiger partial charge in [-0.25, -0.2) is 0 Å². The van der Waals surface area contributed by atoms with Gasteiger partial charge in [-0.15, -0.1) is 0 Å². The summed E-state index contributed by atoms with van der Waals surface area (Å²) < 4.78 is 0. The van der Waals surface area contributed by atoms with Crippen LogP contribution in [-0.2, 0) is 9.59 Å². The molecule has 108 valence electrons. The Morgan fingerprint density at radius 3 is 1.95 bits per heavy atom. The summed E-state index contributed by atoms with van der Waals surface area (Å²) in [4.78, 5) is 23.7. The van der Waals surface area contributed by atoms with Crippen molar-refractivity contribution in [1.29, 1.82) is 0 Å². The Labute approximate surface area is 115 Å². The third-order valence-corrected chi connectivity index (χ3v) is 5.90. The number of rotatable bonds is 4. The Kier molecular flexibility index (Phi) is 3.19. The number of nitrogens with one attached hydrogen (secondary N) is 1. The molecule has 0 atom stereocenters. The van der Waals surface area contributed by atoms with E-state index in [0.29, 0.717) is 12.8 Å². The summed E-state index contributed by atoms with van der Waals surface area (Å²) >= 11 is 0. The first-order chi connectivity index (χ1) is 8.65. The third-order valence-electron chi connectivity index (χ3n) is 5.90. The Hall–Kier alpha value is -1.06. The number of carboxylic acids is 1. The highest BCUT2D eigenvalue weighted by Crippen LogP contribution is 2.68. The van der Waals surface area contributed by atoms with Crippen LogP contribution in [0.2, 0.25) is 0 Å². The largest absolute Gasteiger partial charge is 0.481 e. The SMILES string of the molecule is CC1(C)C(C(=O)NCC2(C(=O)O)CCCC2)C1(C)C. The number of carbonyl (C=O) groups is 2. The van der Waals surface area contributed by atoms with Gasteiger partial charge in [0.25, 0.3) is 0 Å². The van der Waals surface area contributed by atoms with Crippen LogP contribution in [0.25, 0.3) is 0 Å². The van der Waals surface area contributed by atoms with Gasteiger partial charge in [0.1, 0.15) is 0 Å². The zero-order chi connectivity index (χ0) is 14.5. The third kappa shape index (κ3) is 2.05. The van der Waals surface area contributed by atoms with Crippen molar-refractivity contribution in [3.8, 4) is 0 Å². The van der Waals surface area contributed by atoms with Crippen molar-refractivity contribution >= 4 is 11.9 Å². The zero-order valence-electron chi connectivity index (χ0n) is 12.4. The van der Waals surface area contributed by atoms with Crippen LogP contribution in [0.5, 0.6) is 0 Å². The van der Waals surface area contributed by atoms with Crippen molar-refractivity contribution in [2.24, 2.45) is 22.2 Å². The summed E-state index contributed by atoms with van der Waals surface area (Å²) in [5, 5.41) is 12.3. The van der Waals surface area contributed by atoms with Gasteiger partial charge in [0, 0.05) is 12.5 Å². The van der Waals surface area contributed by atoms with Gasteiger partial charge in [-0.2, -0.15) is 0 Å². The molecule has 4 nitrogen and oxygen atoms in total. The minimum Gasteiger partial charge on any atom is -0.481 e. The lowest BCUT2D eigenvalue weighted by Crippen LogP contribution is -2.42. The summed E-state index contributed by atoms with van der Waals surface area (Å²) in [7, 11) is 0. The molecule has 0 radical (unpaired) electrons. The molecule has 0 bridgehead atoms. The molecule has 2 saturated carbocycles. The standard InChI is InChI=1S/C15H25NO3/c1-13(2)10(14(13,3)4)11(17)16-9-15(12(18)19)7-5-6-8-15/h10H,5-9H2,1-4H3,(H,16,17)(H,18,19). The lowest BCUT2D eigenvalue weighted by atomic mass is 9.86. The van der Waals surface area contributed by atoms with Crippen LogP contribution in [0.1, 0.15) is 53.4 Å². The van der Waals surface area contributed by atoms with Crippen molar-refractivity contribution in [1.82, 2.24) is 5.32 Å². The smallest absolute Gasteiger partial charge is 0.311 e. The minimum absolute atomic E-state index is 0.00312. The molecule has 0 aromatic heterocycles. The molecule has 0 aromatic rings. The van der Waals surface area contributed by atoms with Crippen molar-refractivity contribution in [3.63, 3.8) is 0 Å². The van der Waals surface area contributed by atoms with Gasteiger partial charge in [-0.1, -0.05) is 40.5 Å². The van der Waals surface area contributed by atoms with Crippen molar-refractivity contribution in [3.05, 3.63) is 0 Å². The van der Waals surface area contributed by atoms with E-state index >= 15 is 0 Å². The Morgan fingerprint density at radius 1 is 1.11 bits per heavy atom. The summed E-state index contributed by atoms with van der Waals surface area (Å²) in [5.41, 5.74) is -0.717. The predicted molar refractivity (Wildman–Crippen MR) is 72.6 cm³/mol. The average Bonchev–Trinajstić information content (AvgIpc) is 2.70. The molecule has 0 aromatic carbocycles. The second-order valence-electron chi connectivity index (χ2n) is 7.39. The second-order valence-corrected chi connectivity index (χ2v) is 7.39. The van der Waals surface area contributed by atoms with Gasteiger partial charge in [-0.05, 0) is 23.7 Å². The lowest BCUT2D eigenvalue weighted by Gasteiger charge is -2.24. The average molecular weight is 267 g/mol. The maximum atomic E-state index is 12.3. The quantitative estimate of drug-likeness (QED) is 0.822. The maximum Gasteiger partial charge on any atom is 0.311 e. The molecule has 19 heavy (non-hydrogen) atoms. The van der Waals surface area contributed by atoms with Gasteiger partial charge >= 0.3 is 5.97 Å². The molecular formula is C15H25NO3. The van der Waals surface area contributed by atoms with E-state index < -0.39 is 11.4 Å². The lowest BCUT2D eigenvalue weighted by molar-refractivity contribution is -0.148. The van der Waals surface area contributed by atoms with E-state index in [9.17, 15) is 14.7 Å². The van der Waals surface area contributed by atoms with Crippen LogP contribution in [0.15, 0.2) is 0 Å². The molecule has 0 saturated heterocycles. The monoisotopic (exact) mass is 267 g/mol. The molecule has 2 rings (SSSR count). The minimum atomic E-state index is -0.764. The molecule has 0 unspecified atom stereocenters. The van der Waals surface area contributed by atoms with Crippen molar-refractivity contribution < 1.29 is 14.7 Å². The highest BCUT2D eigenvalue weighted by atomic mass is 16.4. The summed E-state index contributed by atoms with van der Waals surface area (Å²) in [6, 6.07) is 0. The zero-order valence-corrected chi connectivity index (χ0v) is 12.4. The Bertz CT molecular complexity index is 392. The molecule has 4 heteroatoms.